The number of aromatic nitrogens is 6. The van der Waals surface area contributed by atoms with E-state index in [0.29, 0.717) is 43.4 Å². The smallest absolute Gasteiger partial charge is 0.225 e. The standard InChI is InChI=1S/C28H34N8O3/c1-19-31-16-21(35(19)2)18-38-23-14-24-25(32-17-23)15-26(36-10-12-37-13-11-36)34-27(24)39-22-6-4-20(5-7-22)33-28-29-8-3-9-30-28/h3,8-9,14-17,20,22H,4-7,10-13,18H2,1-2H3,(H,29,30,33). The fraction of sp³-hybridized carbons (Fsp3) is 0.464. The van der Waals surface area contributed by atoms with E-state index in [-0.39, 0.29) is 6.10 Å². The lowest BCUT2D eigenvalue weighted by molar-refractivity contribution is 0.122. The molecule has 0 radical (unpaired) electrons. The van der Waals surface area contributed by atoms with Crippen LogP contribution in [0.1, 0.15) is 37.2 Å². The van der Waals surface area contributed by atoms with E-state index in [1.54, 1.807) is 18.6 Å². The Morgan fingerprint density at radius 3 is 2.54 bits per heavy atom. The van der Waals surface area contributed by atoms with Crippen molar-refractivity contribution in [3.05, 3.63) is 54.5 Å². The van der Waals surface area contributed by atoms with E-state index in [0.717, 1.165) is 67.0 Å². The van der Waals surface area contributed by atoms with Gasteiger partial charge in [0.2, 0.25) is 11.8 Å². The van der Waals surface area contributed by atoms with Crippen molar-refractivity contribution in [2.24, 2.45) is 7.05 Å². The van der Waals surface area contributed by atoms with E-state index in [4.69, 9.17) is 24.2 Å². The maximum atomic E-state index is 6.60. The summed E-state index contributed by atoms with van der Waals surface area (Å²) in [6.07, 6.45) is 11.0. The van der Waals surface area contributed by atoms with E-state index in [1.165, 1.54) is 0 Å². The Morgan fingerprint density at radius 2 is 1.79 bits per heavy atom. The number of anilines is 2. The average molecular weight is 531 g/mol. The topological polar surface area (TPSA) is 112 Å². The van der Waals surface area contributed by atoms with Crippen molar-refractivity contribution >= 4 is 22.7 Å². The molecule has 6 rings (SSSR count). The molecule has 4 aromatic heterocycles. The van der Waals surface area contributed by atoms with Crippen LogP contribution in [-0.2, 0) is 18.4 Å². The molecule has 39 heavy (non-hydrogen) atoms. The van der Waals surface area contributed by atoms with Crippen LogP contribution >= 0.6 is 0 Å². The second kappa shape index (κ2) is 11.4. The highest BCUT2D eigenvalue weighted by Crippen LogP contribution is 2.33. The Balaban J connectivity index is 1.21. The van der Waals surface area contributed by atoms with Crippen LogP contribution in [0, 0.1) is 6.92 Å². The summed E-state index contributed by atoms with van der Waals surface area (Å²) in [5, 5.41) is 4.29. The molecule has 0 atom stereocenters. The summed E-state index contributed by atoms with van der Waals surface area (Å²) in [5.41, 5.74) is 1.83. The number of ether oxygens (including phenoxy) is 3. The molecule has 0 aromatic carbocycles. The molecule has 1 aliphatic heterocycles. The fourth-order valence-electron chi connectivity index (χ4n) is 5.06. The first-order chi connectivity index (χ1) is 19.1. The normalized spacial score (nSPS) is 19.7. The van der Waals surface area contributed by atoms with Gasteiger partial charge in [-0.15, -0.1) is 0 Å². The number of hydrogen-bond donors (Lipinski definition) is 1. The molecule has 0 amide bonds. The lowest BCUT2D eigenvalue weighted by Gasteiger charge is -2.31. The Bertz CT molecular complexity index is 1400. The van der Waals surface area contributed by atoms with Gasteiger partial charge in [0.15, 0.2) is 0 Å². The average Bonchev–Trinajstić information content (AvgIpc) is 3.30. The van der Waals surface area contributed by atoms with Crippen molar-refractivity contribution in [2.45, 2.75) is 51.4 Å². The summed E-state index contributed by atoms with van der Waals surface area (Å²) in [7, 11) is 1.99. The predicted octanol–water partition coefficient (Wildman–Crippen LogP) is 3.68. The number of rotatable bonds is 8. The van der Waals surface area contributed by atoms with Crippen LogP contribution in [0.2, 0.25) is 0 Å². The first-order valence-corrected chi connectivity index (χ1v) is 13.6. The first-order valence-electron chi connectivity index (χ1n) is 13.6. The van der Waals surface area contributed by atoms with Gasteiger partial charge in [0.1, 0.15) is 30.1 Å². The van der Waals surface area contributed by atoms with Gasteiger partial charge in [-0.05, 0) is 44.7 Å². The van der Waals surface area contributed by atoms with Crippen LogP contribution in [0.25, 0.3) is 10.9 Å². The molecule has 1 saturated carbocycles. The highest BCUT2D eigenvalue weighted by atomic mass is 16.5. The Kier molecular flexibility index (Phi) is 7.40. The van der Waals surface area contributed by atoms with Crippen LogP contribution in [0.4, 0.5) is 11.8 Å². The van der Waals surface area contributed by atoms with E-state index < -0.39 is 0 Å². The number of nitrogens with zero attached hydrogens (tertiary/aromatic N) is 7. The SMILES string of the molecule is Cc1ncc(COc2cnc3cc(N4CCOCC4)nc(OC4CCC(Nc5ncccn5)CC4)c3c2)n1C. The van der Waals surface area contributed by atoms with E-state index in [2.05, 4.69) is 25.2 Å². The number of morpholine rings is 1. The molecule has 1 saturated heterocycles. The summed E-state index contributed by atoms with van der Waals surface area (Å²) < 4.78 is 20.3. The molecule has 0 bridgehead atoms. The van der Waals surface area contributed by atoms with Crippen molar-refractivity contribution < 1.29 is 14.2 Å². The molecule has 11 heteroatoms. The summed E-state index contributed by atoms with van der Waals surface area (Å²) in [6, 6.07) is 6.16. The molecule has 11 nitrogen and oxygen atoms in total. The molecular formula is C28H34N8O3. The van der Waals surface area contributed by atoms with Gasteiger partial charge in [0.05, 0.1) is 42.2 Å². The van der Waals surface area contributed by atoms with Gasteiger partial charge in [-0.2, -0.15) is 4.98 Å². The summed E-state index contributed by atoms with van der Waals surface area (Å²) in [6.45, 7) is 5.34. The number of hydrogen-bond acceptors (Lipinski definition) is 10. The van der Waals surface area contributed by atoms with Crippen LogP contribution in [0.3, 0.4) is 0 Å². The number of fused-ring (bicyclic) bond motifs is 1. The third kappa shape index (κ3) is 5.88. The summed E-state index contributed by atoms with van der Waals surface area (Å²) in [5.74, 6) is 3.76. The minimum atomic E-state index is 0.0670. The van der Waals surface area contributed by atoms with Gasteiger partial charge in [-0.25, -0.2) is 15.0 Å². The second-order valence-corrected chi connectivity index (χ2v) is 10.1. The lowest BCUT2D eigenvalue weighted by Crippen LogP contribution is -2.37. The second-order valence-electron chi connectivity index (χ2n) is 10.1. The largest absolute Gasteiger partial charge is 0.486 e. The van der Waals surface area contributed by atoms with Gasteiger partial charge in [0, 0.05) is 44.6 Å². The van der Waals surface area contributed by atoms with Crippen LogP contribution in [0.5, 0.6) is 11.6 Å². The zero-order valence-corrected chi connectivity index (χ0v) is 22.4. The van der Waals surface area contributed by atoms with Gasteiger partial charge < -0.3 is 29.0 Å². The Hall–Kier alpha value is -3.99. The van der Waals surface area contributed by atoms with E-state index >= 15 is 0 Å². The van der Waals surface area contributed by atoms with Crippen LogP contribution < -0.4 is 19.7 Å². The quantitative estimate of drug-likeness (QED) is 0.362. The van der Waals surface area contributed by atoms with Crippen molar-refractivity contribution in [3.63, 3.8) is 0 Å². The van der Waals surface area contributed by atoms with Crippen molar-refractivity contribution in [3.8, 4) is 11.6 Å². The highest BCUT2D eigenvalue weighted by Gasteiger charge is 2.25. The van der Waals surface area contributed by atoms with Crippen molar-refractivity contribution in [2.75, 3.05) is 36.5 Å². The number of aryl methyl sites for hydroxylation is 1. The molecule has 0 unspecified atom stereocenters. The maximum absolute atomic E-state index is 6.60. The monoisotopic (exact) mass is 530 g/mol. The molecule has 204 valence electrons. The Morgan fingerprint density at radius 1 is 1.00 bits per heavy atom. The number of nitrogens with one attached hydrogen (secondary N) is 1. The minimum absolute atomic E-state index is 0.0670. The third-order valence-corrected chi connectivity index (χ3v) is 7.50. The van der Waals surface area contributed by atoms with Crippen molar-refractivity contribution in [1.82, 2.24) is 29.5 Å². The molecule has 0 spiro atoms. The molecule has 4 aromatic rings. The number of pyridine rings is 2. The lowest BCUT2D eigenvalue weighted by atomic mass is 9.93. The fourth-order valence-corrected chi connectivity index (χ4v) is 5.06. The minimum Gasteiger partial charge on any atom is -0.486 e. The van der Waals surface area contributed by atoms with Gasteiger partial charge in [0.25, 0.3) is 0 Å². The van der Waals surface area contributed by atoms with Crippen LogP contribution in [0.15, 0.2) is 43.0 Å². The third-order valence-electron chi connectivity index (χ3n) is 7.50. The first kappa shape index (κ1) is 25.3. The zero-order chi connectivity index (χ0) is 26.6. The zero-order valence-electron chi connectivity index (χ0n) is 22.4. The maximum Gasteiger partial charge on any atom is 0.225 e. The summed E-state index contributed by atoms with van der Waals surface area (Å²) >= 11 is 0. The molecule has 5 heterocycles. The molecule has 1 aliphatic carbocycles. The number of imidazole rings is 1. The Labute approximate surface area is 227 Å². The van der Waals surface area contributed by atoms with Crippen LogP contribution in [-0.4, -0.2) is 67.9 Å². The molecular weight excluding hydrogens is 496 g/mol. The molecule has 1 N–H and O–H groups in total. The molecule has 2 aliphatic rings. The van der Waals surface area contributed by atoms with Crippen molar-refractivity contribution in [1.29, 1.82) is 0 Å². The van der Waals surface area contributed by atoms with E-state index in [9.17, 15) is 0 Å². The molecule has 2 fully saturated rings. The van der Waals surface area contributed by atoms with Gasteiger partial charge >= 0.3 is 0 Å². The predicted molar refractivity (Wildman–Crippen MR) is 147 cm³/mol. The van der Waals surface area contributed by atoms with E-state index in [1.807, 2.05) is 42.9 Å². The van der Waals surface area contributed by atoms with Gasteiger partial charge in [-0.1, -0.05) is 0 Å². The summed E-state index contributed by atoms with van der Waals surface area (Å²) in [4.78, 5) is 24.9. The van der Waals surface area contributed by atoms with Gasteiger partial charge in [-0.3, -0.25) is 4.98 Å². The highest BCUT2D eigenvalue weighted by molar-refractivity contribution is 5.87.